The van der Waals surface area contributed by atoms with Crippen molar-refractivity contribution in [1.29, 1.82) is 0 Å². The third-order valence-electron chi connectivity index (χ3n) is 4.21. The minimum atomic E-state index is -0.133. The average molecular weight is 262 g/mol. The number of carbonyl (C=O) groups excluding carboxylic acids is 1. The number of nitrogens with zero attached hydrogens (tertiary/aromatic N) is 2. The molecule has 1 unspecified atom stereocenters. The van der Waals surface area contributed by atoms with E-state index in [1.165, 1.54) is 12.8 Å². The first-order valence-electron chi connectivity index (χ1n) is 7.27. The van der Waals surface area contributed by atoms with E-state index in [9.17, 15) is 4.79 Å². The fourth-order valence-corrected chi connectivity index (χ4v) is 2.99. The zero-order valence-electron chi connectivity index (χ0n) is 11.7. The minimum absolute atomic E-state index is 0.133. The molecule has 0 bridgehead atoms. The summed E-state index contributed by atoms with van der Waals surface area (Å²) < 4.78 is 0. The van der Waals surface area contributed by atoms with Gasteiger partial charge in [0.15, 0.2) is 0 Å². The number of H-pyrrole nitrogens is 1. The van der Waals surface area contributed by atoms with Gasteiger partial charge in [-0.3, -0.25) is 9.89 Å². The molecule has 104 valence electrons. The predicted molar refractivity (Wildman–Crippen MR) is 71.9 cm³/mol. The van der Waals surface area contributed by atoms with Crippen molar-refractivity contribution < 1.29 is 4.79 Å². The summed E-state index contributed by atoms with van der Waals surface area (Å²) in [4.78, 5) is 16.4. The molecule has 5 heteroatoms. The zero-order valence-corrected chi connectivity index (χ0v) is 11.7. The number of hydrogen-bond acceptors (Lipinski definition) is 3. The summed E-state index contributed by atoms with van der Waals surface area (Å²) in [5.74, 6) is 1.54. The van der Waals surface area contributed by atoms with E-state index in [-0.39, 0.29) is 11.9 Å². The molecule has 2 saturated carbocycles. The molecule has 1 atom stereocenters. The normalized spacial score (nSPS) is 26.1. The van der Waals surface area contributed by atoms with Gasteiger partial charge in [0, 0.05) is 12.0 Å². The van der Waals surface area contributed by atoms with Gasteiger partial charge >= 0.3 is 0 Å². The predicted octanol–water partition coefficient (Wildman–Crippen LogP) is 2.38. The molecule has 0 spiro atoms. The van der Waals surface area contributed by atoms with Crippen LogP contribution in [0.1, 0.15) is 74.7 Å². The molecule has 2 aliphatic rings. The van der Waals surface area contributed by atoms with Gasteiger partial charge in [0.05, 0.1) is 0 Å². The van der Waals surface area contributed by atoms with Crippen molar-refractivity contribution in [2.45, 2.75) is 64.3 Å². The van der Waals surface area contributed by atoms with Crippen LogP contribution in [0, 0.1) is 5.41 Å². The lowest BCUT2D eigenvalue weighted by Gasteiger charge is -2.35. The van der Waals surface area contributed by atoms with Crippen LogP contribution in [0.15, 0.2) is 0 Å². The van der Waals surface area contributed by atoms with Crippen LogP contribution < -0.4 is 5.32 Å². The van der Waals surface area contributed by atoms with Gasteiger partial charge in [-0.05, 0) is 37.5 Å². The molecule has 0 saturated heterocycles. The molecule has 5 nitrogen and oxygen atoms in total. The Labute approximate surface area is 113 Å². The van der Waals surface area contributed by atoms with Crippen LogP contribution in [0.3, 0.4) is 0 Å². The smallest absolute Gasteiger partial charge is 0.291 e. The van der Waals surface area contributed by atoms with Gasteiger partial charge in [0.1, 0.15) is 5.82 Å². The number of hydrogen-bond donors (Lipinski definition) is 2. The first-order chi connectivity index (χ1) is 9.03. The van der Waals surface area contributed by atoms with Gasteiger partial charge in [-0.25, -0.2) is 4.98 Å². The Morgan fingerprint density at radius 2 is 2.16 bits per heavy atom. The number of rotatable bonds is 3. The molecule has 3 rings (SSSR count). The maximum atomic E-state index is 12.1. The molecule has 0 radical (unpaired) electrons. The molecule has 1 aromatic rings. The molecule has 2 N–H and O–H groups in total. The van der Waals surface area contributed by atoms with E-state index < -0.39 is 0 Å². The van der Waals surface area contributed by atoms with E-state index in [4.69, 9.17) is 0 Å². The maximum absolute atomic E-state index is 12.1. The van der Waals surface area contributed by atoms with Crippen LogP contribution in [0.25, 0.3) is 0 Å². The summed E-state index contributed by atoms with van der Waals surface area (Å²) in [6.45, 7) is 4.53. The second-order valence-corrected chi connectivity index (χ2v) is 6.75. The third kappa shape index (κ3) is 2.96. The van der Waals surface area contributed by atoms with Gasteiger partial charge < -0.3 is 5.32 Å². The standard InChI is InChI=1S/C14H22N4O/c1-14(2)7-3-4-10(8-14)15-13(19)12-16-11(17-18-12)9-5-6-9/h9-10H,3-8H2,1-2H3,(H,15,19)(H,16,17,18). The molecular formula is C14H22N4O. The highest BCUT2D eigenvalue weighted by Gasteiger charge is 2.31. The van der Waals surface area contributed by atoms with E-state index >= 15 is 0 Å². The molecule has 1 heterocycles. The second kappa shape index (κ2) is 4.62. The lowest BCUT2D eigenvalue weighted by Crippen LogP contribution is -2.41. The number of aromatic nitrogens is 3. The fourth-order valence-electron chi connectivity index (χ4n) is 2.99. The van der Waals surface area contributed by atoms with Crippen molar-refractivity contribution in [3.63, 3.8) is 0 Å². The number of nitrogens with one attached hydrogen (secondary N) is 2. The molecule has 1 amide bonds. The van der Waals surface area contributed by atoms with E-state index in [1.807, 2.05) is 0 Å². The van der Waals surface area contributed by atoms with E-state index in [0.29, 0.717) is 17.2 Å². The quantitative estimate of drug-likeness (QED) is 0.878. The van der Waals surface area contributed by atoms with E-state index in [1.54, 1.807) is 0 Å². The van der Waals surface area contributed by atoms with Crippen molar-refractivity contribution in [3.05, 3.63) is 11.6 Å². The first kappa shape index (κ1) is 12.6. The van der Waals surface area contributed by atoms with E-state index in [2.05, 4.69) is 34.3 Å². The van der Waals surface area contributed by atoms with Gasteiger partial charge in [-0.2, -0.15) is 0 Å². The van der Waals surface area contributed by atoms with Gasteiger partial charge in [0.2, 0.25) is 5.82 Å². The van der Waals surface area contributed by atoms with Gasteiger partial charge in [0.25, 0.3) is 5.91 Å². The summed E-state index contributed by atoms with van der Waals surface area (Å²) in [6, 6.07) is 0.263. The van der Waals surface area contributed by atoms with Gasteiger partial charge in [-0.15, -0.1) is 5.10 Å². The van der Waals surface area contributed by atoms with Gasteiger partial charge in [-0.1, -0.05) is 20.3 Å². The van der Waals surface area contributed by atoms with Crippen molar-refractivity contribution in [2.75, 3.05) is 0 Å². The Morgan fingerprint density at radius 3 is 2.84 bits per heavy atom. The Kier molecular flexibility index (Phi) is 3.07. The first-order valence-corrected chi connectivity index (χ1v) is 7.27. The Morgan fingerprint density at radius 1 is 1.37 bits per heavy atom. The monoisotopic (exact) mass is 262 g/mol. The molecule has 0 aliphatic heterocycles. The number of amides is 1. The van der Waals surface area contributed by atoms with E-state index in [0.717, 1.165) is 31.5 Å². The topological polar surface area (TPSA) is 70.7 Å². The van der Waals surface area contributed by atoms with Crippen molar-refractivity contribution in [2.24, 2.45) is 5.41 Å². The third-order valence-corrected chi connectivity index (χ3v) is 4.21. The summed E-state index contributed by atoms with van der Waals surface area (Å²) >= 11 is 0. The Hall–Kier alpha value is -1.39. The maximum Gasteiger partial charge on any atom is 0.291 e. The molecular weight excluding hydrogens is 240 g/mol. The van der Waals surface area contributed by atoms with Crippen molar-refractivity contribution in [3.8, 4) is 0 Å². The van der Waals surface area contributed by atoms with Crippen LogP contribution in [0.4, 0.5) is 0 Å². The number of aromatic amines is 1. The minimum Gasteiger partial charge on any atom is -0.347 e. The summed E-state index contributed by atoms with van der Waals surface area (Å²) in [6.07, 6.45) is 6.85. The second-order valence-electron chi connectivity index (χ2n) is 6.75. The van der Waals surface area contributed by atoms with Crippen LogP contribution in [-0.2, 0) is 0 Å². The largest absolute Gasteiger partial charge is 0.347 e. The van der Waals surface area contributed by atoms with Crippen LogP contribution in [0.2, 0.25) is 0 Å². The van der Waals surface area contributed by atoms with Crippen LogP contribution in [0.5, 0.6) is 0 Å². The van der Waals surface area contributed by atoms with Crippen LogP contribution >= 0.6 is 0 Å². The highest BCUT2D eigenvalue weighted by atomic mass is 16.2. The van der Waals surface area contributed by atoms with Crippen LogP contribution in [-0.4, -0.2) is 27.1 Å². The molecule has 19 heavy (non-hydrogen) atoms. The summed E-state index contributed by atoms with van der Waals surface area (Å²) in [5, 5.41) is 9.99. The number of carbonyl (C=O) groups is 1. The molecule has 2 aliphatic carbocycles. The Bertz CT molecular complexity index is 476. The zero-order chi connectivity index (χ0) is 13.5. The summed E-state index contributed by atoms with van der Waals surface area (Å²) in [5.41, 5.74) is 0.328. The molecule has 1 aromatic heterocycles. The highest BCUT2D eigenvalue weighted by Crippen LogP contribution is 2.38. The highest BCUT2D eigenvalue weighted by molar-refractivity contribution is 5.90. The average Bonchev–Trinajstić information content (AvgIpc) is 3.05. The van der Waals surface area contributed by atoms with Crippen molar-refractivity contribution in [1.82, 2.24) is 20.5 Å². The summed E-state index contributed by atoms with van der Waals surface area (Å²) in [7, 11) is 0. The SMILES string of the molecule is CC1(C)CCCC(NC(=O)c2n[nH]c(C3CC3)n2)C1. The van der Waals surface area contributed by atoms with Crippen molar-refractivity contribution >= 4 is 5.91 Å². The lowest BCUT2D eigenvalue weighted by molar-refractivity contribution is 0.0892. The fraction of sp³-hybridized carbons (Fsp3) is 0.786. The Balaban J connectivity index is 1.60. The molecule has 2 fully saturated rings. The lowest BCUT2D eigenvalue weighted by atomic mass is 9.75. The molecule has 0 aromatic carbocycles.